The van der Waals surface area contributed by atoms with Gasteiger partial charge in [0, 0.05) is 17.3 Å². The van der Waals surface area contributed by atoms with E-state index in [4.69, 9.17) is 0 Å². The van der Waals surface area contributed by atoms with Crippen molar-refractivity contribution in [2.75, 3.05) is 11.0 Å². The van der Waals surface area contributed by atoms with Crippen molar-refractivity contribution < 1.29 is 13.2 Å². The Morgan fingerprint density at radius 1 is 1.25 bits per heavy atom. The van der Waals surface area contributed by atoms with Crippen molar-refractivity contribution in [2.45, 2.75) is 46.1 Å². The van der Waals surface area contributed by atoms with Crippen LogP contribution in [0.1, 0.15) is 50.4 Å². The molecule has 2 bridgehead atoms. The first-order valence-electron chi connectivity index (χ1n) is 8.42. The first-order chi connectivity index (χ1) is 11.0. The number of amides is 1. The largest absolute Gasteiger partial charge is 0.349 e. The molecular weight excluding hydrogens is 324 g/mol. The third-order valence-corrected chi connectivity index (χ3v) is 7.13. The molecule has 24 heavy (non-hydrogen) atoms. The number of hydrogen-bond donors (Lipinski definition) is 2. The SMILES string of the molecule is CC1(C)C2CCC1(C)C(NC(=O)c1cccc(NS(C)(=O)=O)c1)C2. The molecule has 3 unspecified atom stereocenters. The van der Waals surface area contributed by atoms with E-state index in [0.717, 1.165) is 19.1 Å². The summed E-state index contributed by atoms with van der Waals surface area (Å²) in [5.74, 6) is 0.521. The normalized spacial score (nSPS) is 31.0. The fourth-order valence-electron chi connectivity index (χ4n) is 4.60. The van der Waals surface area contributed by atoms with Gasteiger partial charge in [0.15, 0.2) is 0 Å². The Hall–Kier alpha value is -1.56. The Labute approximate surface area is 144 Å². The molecule has 5 nitrogen and oxygen atoms in total. The van der Waals surface area contributed by atoms with Crippen molar-refractivity contribution >= 4 is 21.6 Å². The summed E-state index contributed by atoms with van der Waals surface area (Å²) in [6.07, 6.45) is 4.50. The standard InChI is InChI=1S/C18H26N2O3S/c1-17(2)13-8-9-18(17,3)15(11-13)19-16(21)12-6-5-7-14(10-12)20-24(4,22)23/h5-7,10,13,15,20H,8-9,11H2,1-4H3,(H,19,21). The molecule has 3 rings (SSSR count). The van der Waals surface area contributed by atoms with Crippen LogP contribution in [0.5, 0.6) is 0 Å². The highest BCUT2D eigenvalue weighted by Crippen LogP contribution is 2.65. The summed E-state index contributed by atoms with van der Waals surface area (Å²) in [6, 6.07) is 6.79. The van der Waals surface area contributed by atoms with Crippen LogP contribution in [0.3, 0.4) is 0 Å². The van der Waals surface area contributed by atoms with Crippen molar-refractivity contribution in [3.05, 3.63) is 29.8 Å². The Balaban J connectivity index is 1.76. The lowest BCUT2D eigenvalue weighted by molar-refractivity contribution is 0.0826. The summed E-state index contributed by atoms with van der Waals surface area (Å²) >= 11 is 0. The zero-order valence-corrected chi connectivity index (χ0v) is 15.5. The molecule has 2 saturated carbocycles. The molecule has 1 amide bonds. The van der Waals surface area contributed by atoms with Crippen LogP contribution in [0.25, 0.3) is 0 Å². The summed E-state index contributed by atoms with van der Waals surface area (Å²) in [7, 11) is -3.36. The predicted octanol–water partition coefficient (Wildman–Crippen LogP) is 3.00. The molecule has 3 atom stereocenters. The fraction of sp³-hybridized carbons (Fsp3) is 0.611. The fourth-order valence-corrected chi connectivity index (χ4v) is 5.16. The number of carbonyl (C=O) groups is 1. The number of hydrogen-bond acceptors (Lipinski definition) is 3. The number of nitrogens with one attached hydrogen (secondary N) is 2. The smallest absolute Gasteiger partial charge is 0.251 e. The first kappa shape index (κ1) is 17.3. The van der Waals surface area contributed by atoms with Gasteiger partial charge in [-0.05, 0) is 54.2 Å². The van der Waals surface area contributed by atoms with Gasteiger partial charge in [-0.25, -0.2) is 8.42 Å². The second-order valence-corrected chi connectivity index (χ2v) is 9.84. The summed E-state index contributed by atoms with van der Waals surface area (Å²) in [6.45, 7) is 6.91. The number of carbonyl (C=O) groups excluding carboxylic acids is 1. The maximum Gasteiger partial charge on any atom is 0.251 e. The Morgan fingerprint density at radius 3 is 2.50 bits per heavy atom. The highest BCUT2D eigenvalue weighted by Gasteiger charge is 2.61. The van der Waals surface area contributed by atoms with Crippen LogP contribution in [0.2, 0.25) is 0 Å². The van der Waals surface area contributed by atoms with E-state index in [2.05, 4.69) is 30.8 Å². The monoisotopic (exact) mass is 350 g/mol. The van der Waals surface area contributed by atoms with Crippen molar-refractivity contribution in [3.63, 3.8) is 0 Å². The van der Waals surface area contributed by atoms with Gasteiger partial charge in [-0.2, -0.15) is 0 Å². The highest BCUT2D eigenvalue weighted by atomic mass is 32.2. The summed E-state index contributed by atoms with van der Waals surface area (Å²) < 4.78 is 25.1. The van der Waals surface area contributed by atoms with Gasteiger partial charge in [0.05, 0.1) is 6.26 Å². The molecule has 2 fully saturated rings. The van der Waals surface area contributed by atoms with Crippen LogP contribution in [0, 0.1) is 16.7 Å². The van der Waals surface area contributed by atoms with Gasteiger partial charge in [-0.3, -0.25) is 9.52 Å². The quantitative estimate of drug-likeness (QED) is 0.876. The van der Waals surface area contributed by atoms with Crippen LogP contribution in [0.15, 0.2) is 24.3 Å². The van der Waals surface area contributed by atoms with Gasteiger partial charge < -0.3 is 5.32 Å². The van der Waals surface area contributed by atoms with Gasteiger partial charge in [-0.15, -0.1) is 0 Å². The van der Waals surface area contributed by atoms with Crippen LogP contribution >= 0.6 is 0 Å². The molecule has 0 radical (unpaired) electrons. The van der Waals surface area contributed by atoms with Crippen LogP contribution in [0.4, 0.5) is 5.69 Å². The lowest BCUT2D eigenvalue weighted by Gasteiger charge is -2.39. The molecule has 132 valence electrons. The molecule has 2 aliphatic rings. The van der Waals surface area contributed by atoms with Gasteiger partial charge in [-0.1, -0.05) is 26.8 Å². The first-order valence-corrected chi connectivity index (χ1v) is 10.3. The van der Waals surface area contributed by atoms with E-state index in [1.165, 1.54) is 6.42 Å². The molecule has 0 aromatic heterocycles. The molecule has 1 aromatic rings. The van der Waals surface area contributed by atoms with Crippen molar-refractivity contribution in [3.8, 4) is 0 Å². The maximum absolute atomic E-state index is 12.7. The lowest BCUT2D eigenvalue weighted by atomic mass is 9.69. The molecule has 2 aliphatic carbocycles. The van der Waals surface area contributed by atoms with Crippen LogP contribution in [-0.2, 0) is 10.0 Å². The summed E-state index contributed by atoms with van der Waals surface area (Å²) in [5.41, 5.74) is 1.25. The number of rotatable bonds is 4. The molecule has 0 aliphatic heterocycles. The van der Waals surface area contributed by atoms with Gasteiger partial charge in [0.25, 0.3) is 5.91 Å². The average molecular weight is 350 g/mol. The molecular formula is C18H26N2O3S. The van der Waals surface area contributed by atoms with Gasteiger partial charge >= 0.3 is 0 Å². The molecule has 0 heterocycles. The van der Waals surface area contributed by atoms with E-state index in [1.54, 1.807) is 24.3 Å². The Bertz CT molecular complexity index is 772. The minimum absolute atomic E-state index is 0.121. The average Bonchev–Trinajstić information content (AvgIpc) is 2.79. The van der Waals surface area contributed by atoms with Crippen molar-refractivity contribution in [2.24, 2.45) is 16.7 Å². The maximum atomic E-state index is 12.7. The minimum atomic E-state index is -3.36. The van der Waals surface area contributed by atoms with Crippen LogP contribution in [-0.4, -0.2) is 26.6 Å². The number of fused-ring (bicyclic) bond motifs is 2. The van der Waals surface area contributed by atoms with Gasteiger partial charge in [0.2, 0.25) is 10.0 Å². The number of anilines is 1. The van der Waals surface area contributed by atoms with E-state index in [1.807, 2.05) is 0 Å². The van der Waals surface area contributed by atoms with E-state index < -0.39 is 10.0 Å². The topological polar surface area (TPSA) is 75.3 Å². The molecule has 2 N–H and O–H groups in total. The second kappa shape index (κ2) is 5.48. The third kappa shape index (κ3) is 2.81. The van der Waals surface area contributed by atoms with E-state index in [0.29, 0.717) is 17.2 Å². The lowest BCUT2D eigenvalue weighted by Crippen LogP contribution is -2.46. The molecule has 1 aromatic carbocycles. The summed E-state index contributed by atoms with van der Waals surface area (Å²) in [4.78, 5) is 12.7. The number of sulfonamides is 1. The molecule has 0 spiro atoms. The Morgan fingerprint density at radius 2 is 1.96 bits per heavy atom. The van der Waals surface area contributed by atoms with E-state index >= 15 is 0 Å². The predicted molar refractivity (Wildman–Crippen MR) is 95.4 cm³/mol. The van der Waals surface area contributed by atoms with Crippen LogP contribution < -0.4 is 10.0 Å². The zero-order valence-electron chi connectivity index (χ0n) is 14.7. The second-order valence-electron chi connectivity index (χ2n) is 8.09. The van der Waals surface area contributed by atoms with E-state index in [9.17, 15) is 13.2 Å². The Kier molecular flexibility index (Phi) is 3.94. The third-order valence-electron chi connectivity index (χ3n) is 6.53. The van der Waals surface area contributed by atoms with Crippen molar-refractivity contribution in [1.29, 1.82) is 0 Å². The molecule has 6 heteroatoms. The highest BCUT2D eigenvalue weighted by molar-refractivity contribution is 7.92. The van der Waals surface area contributed by atoms with Crippen molar-refractivity contribution in [1.82, 2.24) is 5.32 Å². The molecule has 0 saturated heterocycles. The minimum Gasteiger partial charge on any atom is -0.349 e. The van der Waals surface area contributed by atoms with E-state index in [-0.39, 0.29) is 22.8 Å². The zero-order chi connectivity index (χ0) is 17.8. The van der Waals surface area contributed by atoms with Gasteiger partial charge in [0.1, 0.15) is 0 Å². The summed E-state index contributed by atoms with van der Waals surface area (Å²) in [5, 5.41) is 3.20. The number of benzene rings is 1.